The number of piperidine rings is 1. The average molecular weight is 415 g/mol. The van der Waals surface area contributed by atoms with Gasteiger partial charge in [0.15, 0.2) is 5.96 Å². The van der Waals surface area contributed by atoms with Crippen LogP contribution in [0.5, 0.6) is 5.75 Å². The molecule has 7 heteroatoms. The first-order chi connectivity index (χ1) is 14.7. The summed E-state index contributed by atoms with van der Waals surface area (Å²) >= 11 is 0. The van der Waals surface area contributed by atoms with Gasteiger partial charge >= 0.3 is 0 Å². The molecule has 0 unspecified atom stereocenters. The third kappa shape index (κ3) is 5.06. The second-order valence-corrected chi connectivity index (χ2v) is 8.23. The van der Waals surface area contributed by atoms with Gasteiger partial charge in [0, 0.05) is 51.6 Å². The van der Waals surface area contributed by atoms with E-state index in [9.17, 15) is 4.79 Å². The maximum absolute atomic E-state index is 12.8. The molecule has 0 atom stereocenters. The Morgan fingerprint density at radius 3 is 2.70 bits per heavy atom. The van der Waals surface area contributed by atoms with Crippen molar-refractivity contribution in [3.05, 3.63) is 29.3 Å². The topological polar surface area (TPSA) is 66.4 Å². The molecule has 2 saturated heterocycles. The average Bonchev–Trinajstić information content (AvgIpc) is 3.27. The number of benzene rings is 1. The molecule has 0 spiro atoms. The Balaban J connectivity index is 1.29. The molecule has 1 aromatic carbocycles. The molecule has 2 fully saturated rings. The molecule has 0 aliphatic carbocycles. The van der Waals surface area contributed by atoms with Crippen LogP contribution >= 0.6 is 0 Å². The van der Waals surface area contributed by atoms with Gasteiger partial charge in [0.2, 0.25) is 5.91 Å². The van der Waals surface area contributed by atoms with E-state index in [0.717, 1.165) is 83.3 Å². The van der Waals surface area contributed by atoms with E-state index < -0.39 is 0 Å². The van der Waals surface area contributed by atoms with Crippen LogP contribution in [0, 0.1) is 5.92 Å². The van der Waals surface area contributed by atoms with Crippen molar-refractivity contribution < 1.29 is 14.3 Å². The number of hydrogen-bond acceptors (Lipinski definition) is 4. The lowest BCUT2D eigenvalue weighted by atomic mass is 9.95. The minimum atomic E-state index is 0.135. The van der Waals surface area contributed by atoms with Crippen LogP contribution in [0.25, 0.3) is 0 Å². The molecule has 7 nitrogen and oxygen atoms in total. The monoisotopic (exact) mass is 414 g/mol. The number of rotatable bonds is 5. The summed E-state index contributed by atoms with van der Waals surface area (Å²) in [4.78, 5) is 21.9. The van der Waals surface area contributed by atoms with Crippen LogP contribution in [0.1, 0.15) is 30.9 Å². The molecular formula is C23H34N4O3. The highest BCUT2D eigenvalue weighted by atomic mass is 16.5. The molecule has 0 radical (unpaired) electrons. The highest BCUT2D eigenvalue weighted by Crippen LogP contribution is 2.26. The van der Waals surface area contributed by atoms with E-state index in [2.05, 4.69) is 35.3 Å². The summed E-state index contributed by atoms with van der Waals surface area (Å²) < 4.78 is 11.0. The molecule has 1 amide bonds. The second kappa shape index (κ2) is 10.2. The van der Waals surface area contributed by atoms with Gasteiger partial charge in [0.25, 0.3) is 0 Å². The van der Waals surface area contributed by atoms with Crippen LogP contribution < -0.4 is 10.1 Å². The smallest absolute Gasteiger partial charge is 0.225 e. The quantitative estimate of drug-likeness (QED) is 0.587. The van der Waals surface area contributed by atoms with E-state index in [0.29, 0.717) is 19.1 Å². The van der Waals surface area contributed by atoms with Gasteiger partial charge in [-0.1, -0.05) is 12.1 Å². The number of likely N-dealkylation sites (tertiary alicyclic amines) is 1. The van der Waals surface area contributed by atoms with Crippen molar-refractivity contribution >= 4 is 11.9 Å². The van der Waals surface area contributed by atoms with Gasteiger partial charge in [-0.05, 0) is 43.4 Å². The molecule has 4 rings (SSSR count). The van der Waals surface area contributed by atoms with E-state index in [1.165, 1.54) is 11.1 Å². The van der Waals surface area contributed by atoms with Crippen molar-refractivity contribution in [1.82, 2.24) is 15.1 Å². The third-order valence-electron chi connectivity index (χ3n) is 6.22. The van der Waals surface area contributed by atoms with Crippen LogP contribution in [0.2, 0.25) is 0 Å². The Morgan fingerprint density at radius 2 is 1.93 bits per heavy atom. The summed E-state index contributed by atoms with van der Waals surface area (Å²) in [7, 11) is 0. The molecule has 3 aliphatic rings. The number of aliphatic imine (C=N–C) groups is 1. The van der Waals surface area contributed by atoms with Gasteiger partial charge < -0.3 is 24.6 Å². The zero-order valence-electron chi connectivity index (χ0n) is 18.1. The van der Waals surface area contributed by atoms with Crippen LogP contribution in [0.3, 0.4) is 0 Å². The number of nitrogens with one attached hydrogen (secondary N) is 1. The van der Waals surface area contributed by atoms with Crippen molar-refractivity contribution in [2.75, 3.05) is 59.1 Å². The maximum Gasteiger partial charge on any atom is 0.225 e. The van der Waals surface area contributed by atoms with Gasteiger partial charge in [-0.2, -0.15) is 0 Å². The summed E-state index contributed by atoms with van der Waals surface area (Å²) in [5.41, 5.74) is 2.63. The lowest BCUT2D eigenvalue weighted by Gasteiger charge is -2.36. The number of nitrogens with zero attached hydrogens (tertiary/aromatic N) is 3. The van der Waals surface area contributed by atoms with E-state index in [4.69, 9.17) is 14.5 Å². The normalized spacial score (nSPS) is 20.1. The number of carbonyl (C=O) groups is 1. The van der Waals surface area contributed by atoms with Crippen LogP contribution in [0.15, 0.2) is 23.2 Å². The van der Waals surface area contributed by atoms with Crippen molar-refractivity contribution in [3.8, 4) is 5.75 Å². The molecule has 0 saturated carbocycles. The molecule has 0 aromatic heterocycles. The number of ether oxygens (including phenoxy) is 2. The molecule has 30 heavy (non-hydrogen) atoms. The summed E-state index contributed by atoms with van der Waals surface area (Å²) in [5, 5.41) is 3.43. The number of carbonyl (C=O) groups excluding carboxylic acids is 1. The minimum Gasteiger partial charge on any atom is -0.493 e. The van der Waals surface area contributed by atoms with Crippen molar-refractivity contribution in [2.45, 2.75) is 32.6 Å². The Hall–Kier alpha value is -2.28. The lowest BCUT2D eigenvalue weighted by molar-refractivity contribution is -0.140. The predicted octanol–water partition coefficient (Wildman–Crippen LogP) is 1.70. The van der Waals surface area contributed by atoms with E-state index >= 15 is 0 Å². The highest BCUT2D eigenvalue weighted by Gasteiger charge is 2.30. The first kappa shape index (κ1) is 21.0. The highest BCUT2D eigenvalue weighted by molar-refractivity contribution is 5.82. The van der Waals surface area contributed by atoms with E-state index in [-0.39, 0.29) is 5.92 Å². The first-order valence-electron chi connectivity index (χ1n) is 11.4. The fourth-order valence-corrected chi connectivity index (χ4v) is 4.49. The van der Waals surface area contributed by atoms with Crippen molar-refractivity contribution in [2.24, 2.45) is 10.9 Å². The first-order valence-corrected chi connectivity index (χ1v) is 11.4. The molecule has 3 heterocycles. The summed E-state index contributed by atoms with van der Waals surface area (Å²) in [6.45, 7) is 9.06. The van der Waals surface area contributed by atoms with Gasteiger partial charge in [0.05, 0.1) is 19.8 Å². The number of morpholine rings is 1. The van der Waals surface area contributed by atoms with E-state index in [1.54, 1.807) is 0 Å². The number of hydrogen-bond donors (Lipinski definition) is 1. The zero-order valence-corrected chi connectivity index (χ0v) is 18.1. The summed E-state index contributed by atoms with van der Waals surface area (Å²) in [6.07, 6.45) is 3.72. The van der Waals surface area contributed by atoms with Crippen LogP contribution in [0.4, 0.5) is 0 Å². The molecular weight excluding hydrogens is 380 g/mol. The Morgan fingerprint density at radius 1 is 1.13 bits per heavy atom. The van der Waals surface area contributed by atoms with Gasteiger partial charge in [-0.25, -0.2) is 0 Å². The Bertz CT molecular complexity index is 753. The minimum absolute atomic E-state index is 0.135. The number of guanidine groups is 1. The Kier molecular flexibility index (Phi) is 7.10. The SMILES string of the molecule is CCNC(=NCCc1ccc2c(c1)CCO2)N1CCC(C(=O)N2CCOCC2)CC1. The molecule has 3 aliphatic heterocycles. The molecule has 1 N–H and O–H groups in total. The summed E-state index contributed by atoms with van der Waals surface area (Å²) in [5.74, 6) is 2.45. The zero-order chi connectivity index (χ0) is 20.8. The maximum atomic E-state index is 12.8. The Labute approximate surface area is 179 Å². The fraction of sp³-hybridized carbons (Fsp3) is 0.652. The third-order valence-corrected chi connectivity index (χ3v) is 6.22. The largest absolute Gasteiger partial charge is 0.493 e. The lowest BCUT2D eigenvalue weighted by Crippen LogP contribution is -2.50. The molecule has 164 valence electrons. The standard InChI is InChI=1S/C23H34N4O3/c1-2-24-23(25-9-5-18-3-4-21-20(17-18)8-14-30-21)27-10-6-19(7-11-27)22(28)26-12-15-29-16-13-26/h3-4,17,19H,2,5-16H2,1H3,(H,24,25). The second-order valence-electron chi connectivity index (χ2n) is 8.23. The summed E-state index contributed by atoms with van der Waals surface area (Å²) in [6, 6.07) is 6.49. The van der Waals surface area contributed by atoms with Crippen LogP contribution in [-0.4, -0.2) is 80.8 Å². The van der Waals surface area contributed by atoms with Crippen molar-refractivity contribution in [3.63, 3.8) is 0 Å². The van der Waals surface area contributed by atoms with Gasteiger partial charge in [0.1, 0.15) is 5.75 Å². The van der Waals surface area contributed by atoms with E-state index in [1.807, 2.05) is 4.90 Å². The van der Waals surface area contributed by atoms with Crippen LogP contribution in [-0.2, 0) is 22.4 Å². The van der Waals surface area contributed by atoms with Crippen molar-refractivity contribution in [1.29, 1.82) is 0 Å². The molecule has 0 bridgehead atoms. The molecule has 1 aromatic rings. The van der Waals surface area contributed by atoms with Gasteiger partial charge in [-0.15, -0.1) is 0 Å². The number of amides is 1. The number of fused-ring (bicyclic) bond motifs is 1. The predicted molar refractivity (Wildman–Crippen MR) is 117 cm³/mol. The fourth-order valence-electron chi connectivity index (χ4n) is 4.49. The van der Waals surface area contributed by atoms with Gasteiger partial charge in [-0.3, -0.25) is 9.79 Å².